The zero-order chi connectivity index (χ0) is 12.7. The van der Waals surface area contributed by atoms with Crippen molar-refractivity contribution >= 4 is 56.4 Å². The highest BCUT2D eigenvalue weighted by molar-refractivity contribution is 7.21. The minimum Gasteiger partial charge on any atom is -0.236 e. The molecule has 1 nitrogen and oxygen atoms in total. The lowest BCUT2D eigenvalue weighted by Crippen LogP contribution is -1.79. The van der Waals surface area contributed by atoms with Crippen molar-refractivity contribution in [1.82, 2.24) is 4.98 Å². The maximum absolute atomic E-state index is 6.03. The van der Waals surface area contributed by atoms with Crippen molar-refractivity contribution in [1.29, 1.82) is 0 Å². The van der Waals surface area contributed by atoms with E-state index in [-0.39, 0.29) is 0 Å². The molecule has 18 heavy (non-hydrogen) atoms. The Morgan fingerprint density at radius 3 is 2.28 bits per heavy atom. The average Bonchev–Trinajstić information content (AvgIpc) is 2.79. The first-order valence-corrected chi connectivity index (χ1v) is 7.10. The molecule has 0 atom stereocenters. The lowest BCUT2D eigenvalue weighted by Gasteiger charge is -2.02. The Morgan fingerprint density at radius 1 is 0.944 bits per heavy atom. The van der Waals surface area contributed by atoms with Crippen LogP contribution in [-0.4, -0.2) is 4.98 Å². The van der Waals surface area contributed by atoms with Crippen LogP contribution >= 0.6 is 46.1 Å². The van der Waals surface area contributed by atoms with E-state index in [0.717, 1.165) is 20.8 Å². The van der Waals surface area contributed by atoms with Crippen LogP contribution in [0.5, 0.6) is 0 Å². The lowest BCUT2D eigenvalue weighted by molar-refractivity contribution is 1.48. The Hall–Kier alpha value is -0.800. The molecule has 90 valence electrons. The van der Waals surface area contributed by atoms with Gasteiger partial charge in [0.15, 0.2) is 0 Å². The fourth-order valence-corrected chi connectivity index (χ4v) is 3.22. The van der Waals surface area contributed by atoms with Crippen LogP contribution in [0.1, 0.15) is 0 Å². The fraction of sp³-hybridized carbons (Fsp3) is 0. The van der Waals surface area contributed by atoms with Gasteiger partial charge in [-0.05, 0) is 24.3 Å². The van der Waals surface area contributed by atoms with E-state index in [4.69, 9.17) is 34.8 Å². The molecule has 0 saturated carbocycles. The second kappa shape index (κ2) is 4.71. The number of hydrogen-bond acceptors (Lipinski definition) is 2. The van der Waals surface area contributed by atoms with E-state index in [9.17, 15) is 0 Å². The van der Waals surface area contributed by atoms with Crippen LogP contribution in [-0.2, 0) is 0 Å². The third kappa shape index (κ3) is 2.10. The van der Waals surface area contributed by atoms with Crippen LogP contribution in [0.3, 0.4) is 0 Å². The number of para-hydroxylation sites is 1. The van der Waals surface area contributed by atoms with Crippen molar-refractivity contribution in [2.24, 2.45) is 0 Å². The minimum absolute atomic E-state index is 0.378. The van der Waals surface area contributed by atoms with E-state index in [1.54, 1.807) is 23.5 Å². The van der Waals surface area contributed by atoms with Crippen molar-refractivity contribution in [2.45, 2.75) is 0 Å². The monoisotopic (exact) mass is 313 g/mol. The Bertz CT molecular complexity index is 680. The van der Waals surface area contributed by atoms with Gasteiger partial charge in [-0.1, -0.05) is 46.9 Å². The molecule has 0 bridgehead atoms. The van der Waals surface area contributed by atoms with Crippen LogP contribution < -0.4 is 0 Å². The van der Waals surface area contributed by atoms with Crippen LogP contribution in [0, 0.1) is 0 Å². The van der Waals surface area contributed by atoms with Crippen molar-refractivity contribution < 1.29 is 0 Å². The first-order valence-electron chi connectivity index (χ1n) is 5.15. The maximum atomic E-state index is 6.03. The Kier molecular flexibility index (Phi) is 3.20. The zero-order valence-electron chi connectivity index (χ0n) is 8.95. The van der Waals surface area contributed by atoms with Gasteiger partial charge in [0.25, 0.3) is 0 Å². The number of rotatable bonds is 1. The molecule has 0 unspecified atom stereocenters. The predicted octanol–water partition coefficient (Wildman–Crippen LogP) is 5.92. The van der Waals surface area contributed by atoms with Crippen molar-refractivity contribution in [3.8, 4) is 10.6 Å². The van der Waals surface area contributed by atoms with Gasteiger partial charge < -0.3 is 0 Å². The van der Waals surface area contributed by atoms with E-state index in [0.29, 0.717) is 15.1 Å². The summed E-state index contributed by atoms with van der Waals surface area (Å²) in [7, 11) is 0. The van der Waals surface area contributed by atoms with Crippen LogP contribution in [0.2, 0.25) is 15.1 Å². The fourth-order valence-electron chi connectivity index (χ4n) is 1.67. The van der Waals surface area contributed by atoms with Crippen LogP contribution in [0.15, 0.2) is 36.4 Å². The van der Waals surface area contributed by atoms with E-state index >= 15 is 0 Å². The van der Waals surface area contributed by atoms with E-state index < -0.39 is 0 Å². The number of hydrogen-bond donors (Lipinski definition) is 0. The van der Waals surface area contributed by atoms with Crippen molar-refractivity contribution in [3.63, 3.8) is 0 Å². The molecule has 0 aliphatic carbocycles. The summed E-state index contributed by atoms with van der Waals surface area (Å²) >= 11 is 19.6. The number of aromatic nitrogens is 1. The first kappa shape index (κ1) is 12.2. The van der Waals surface area contributed by atoms with Gasteiger partial charge in [0, 0.05) is 5.56 Å². The maximum Gasteiger partial charge on any atom is 0.124 e. The van der Waals surface area contributed by atoms with Gasteiger partial charge in [-0.25, -0.2) is 4.98 Å². The highest BCUT2D eigenvalue weighted by atomic mass is 35.5. The number of nitrogens with zero attached hydrogens (tertiary/aromatic N) is 1. The van der Waals surface area contributed by atoms with Crippen molar-refractivity contribution in [3.05, 3.63) is 51.5 Å². The molecule has 0 radical (unpaired) electrons. The topological polar surface area (TPSA) is 12.9 Å². The highest BCUT2D eigenvalue weighted by Gasteiger charge is 2.10. The molecule has 3 aromatic rings. The summed E-state index contributed by atoms with van der Waals surface area (Å²) in [5.74, 6) is 0. The Balaban J connectivity index is 2.20. The van der Waals surface area contributed by atoms with Crippen LogP contribution in [0.25, 0.3) is 20.8 Å². The van der Waals surface area contributed by atoms with E-state index in [2.05, 4.69) is 4.98 Å². The molecular weight excluding hydrogens is 309 g/mol. The molecule has 1 aromatic heterocycles. The van der Waals surface area contributed by atoms with Crippen molar-refractivity contribution in [2.75, 3.05) is 0 Å². The number of fused-ring (bicyclic) bond motifs is 1. The van der Waals surface area contributed by atoms with E-state index in [1.807, 2.05) is 24.3 Å². The Morgan fingerprint density at radius 2 is 1.61 bits per heavy atom. The van der Waals surface area contributed by atoms with Gasteiger partial charge in [0.2, 0.25) is 0 Å². The number of benzene rings is 2. The summed E-state index contributed by atoms with van der Waals surface area (Å²) in [5, 5.41) is 2.15. The third-order valence-corrected chi connectivity index (χ3v) is 4.81. The minimum atomic E-state index is 0.378. The summed E-state index contributed by atoms with van der Waals surface area (Å²) in [6.45, 7) is 0. The molecular formula is C13H6Cl3NS. The van der Waals surface area contributed by atoms with Gasteiger partial charge in [-0.15, -0.1) is 11.3 Å². The van der Waals surface area contributed by atoms with Gasteiger partial charge in [0.1, 0.15) is 5.01 Å². The molecule has 0 N–H and O–H groups in total. The smallest absolute Gasteiger partial charge is 0.124 e. The number of thiazole rings is 1. The molecule has 0 aliphatic heterocycles. The molecule has 1 heterocycles. The summed E-state index contributed by atoms with van der Waals surface area (Å²) in [5.41, 5.74) is 1.86. The molecule has 5 heteroatoms. The molecule has 2 aromatic carbocycles. The molecule has 0 fully saturated rings. The third-order valence-electron chi connectivity index (χ3n) is 2.52. The highest BCUT2D eigenvalue weighted by Crippen LogP contribution is 2.37. The van der Waals surface area contributed by atoms with Crippen LogP contribution in [0.4, 0.5) is 0 Å². The summed E-state index contributed by atoms with van der Waals surface area (Å²) in [6, 6.07) is 11.5. The summed E-state index contributed by atoms with van der Waals surface area (Å²) in [6.07, 6.45) is 0. The second-order valence-corrected chi connectivity index (χ2v) is 5.96. The van der Waals surface area contributed by atoms with E-state index in [1.165, 1.54) is 0 Å². The van der Waals surface area contributed by atoms with Gasteiger partial charge in [-0.2, -0.15) is 0 Å². The van der Waals surface area contributed by atoms with Gasteiger partial charge in [0.05, 0.1) is 25.3 Å². The Labute approximate surface area is 123 Å². The molecule has 0 aliphatic rings. The van der Waals surface area contributed by atoms with Gasteiger partial charge >= 0.3 is 0 Å². The second-order valence-electron chi connectivity index (χ2n) is 3.74. The first-order chi connectivity index (χ1) is 8.65. The predicted molar refractivity (Wildman–Crippen MR) is 80.1 cm³/mol. The molecule has 0 saturated heterocycles. The largest absolute Gasteiger partial charge is 0.236 e. The molecule has 0 spiro atoms. The van der Waals surface area contributed by atoms with Gasteiger partial charge in [-0.3, -0.25) is 0 Å². The summed E-state index contributed by atoms with van der Waals surface area (Å²) < 4.78 is 1.13. The average molecular weight is 315 g/mol. The zero-order valence-corrected chi connectivity index (χ0v) is 12.0. The SMILES string of the molecule is Clc1cc(-c2nc3ccccc3s2)cc(Cl)c1Cl. The normalized spacial score (nSPS) is 11.1. The number of halogens is 3. The lowest BCUT2D eigenvalue weighted by atomic mass is 10.2. The molecule has 3 rings (SSSR count). The quantitative estimate of drug-likeness (QED) is 0.508. The standard InChI is InChI=1S/C13H6Cl3NS/c14-8-5-7(6-9(15)12(8)16)13-17-10-3-1-2-4-11(10)18-13/h1-6H. The molecule has 0 amide bonds. The summed E-state index contributed by atoms with van der Waals surface area (Å²) in [4.78, 5) is 4.55.